The highest BCUT2D eigenvalue weighted by Crippen LogP contribution is 2.18. The van der Waals surface area contributed by atoms with Crippen molar-refractivity contribution in [2.45, 2.75) is 25.9 Å². The van der Waals surface area contributed by atoms with Gasteiger partial charge in [-0.2, -0.15) is 0 Å². The number of aliphatic hydroxyl groups excluding tert-OH is 1. The molecular weight excluding hydrogens is 220 g/mol. The normalized spacial score (nSPS) is 22.6. The minimum atomic E-state index is -0.273. The summed E-state index contributed by atoms with van der Waals surface area (Å²) in [5, 5.41) is 12.3. The first-order chi connectivity index (χ1) is 8.13. The monoisotopic (exact) mass is 244 g/mol. The number of aliphatic hydroxyl groups is 1. The number of likely N-dealkylation sites (tertiary alicyclic amines) is 1. The minimum Gasteiger partial charge on any atom is -0.393 e. The number of nitrogens with one attached hydrogen (secondary N) is 1. The molecule has 1 fully saturated rings. The molecule has 2 atom stereocenters. The lowest BCUT2D eigenvalue weighted by molar-refractivity contribution is -0.122. The third-order valence-electron chi connectivity index (χ3n) is 3.21. The van der Waals surface area contributed by atoms with Gasteiger partial charge in [0.05, 0.1) is 12.6 Å². The van der Waals surface area contributed by atoms with Crippen LogP contribution in [0.15, 0.2) is 0 Å². The van der Waals surface area contributed by atoms with E-state index in [-0.39, 0.29) is 12.0 Å². The van der Waals surface area contributed by atoms with Crippen molar-refractivity contribution in [2.24, 2.45) is 5.92 Å². The highest BCUT2D eigenvalue weighted by Gasteiger charge is 2.26. The van der Waals surface area contributed by atoms with Gasteiger partial charge in [-0.3, -0.25) is 9.69 Å². The summed E-state index contributed by atoms with van der Waals surface area (Å²) in [6.45, 7) is 5.33. The smallest absolute Gasteiger partial charge is 0.234 e. The molecule has 1 rings (SSSR count). The zero-order valence-corrected chi connectivity index (χ0v) is 10.8. The molecule has 0 aromatic heterocycles. The van der Waals surface area contributed by atoms with Crippen LogP contribution in [0.1, 0.15) is 19.8 Å². The standard InChI is InChI=1S/C12H24N2O3/c1-10(15)11-4-6-14(8-11)9-12(16)13-5-3-7-17-2/h10-11,15H,3-9H2,1-2H3,(H,13,16). The van der Waals surface area contributed by atoms with E-state index in [0.717, 1.165) is 25.9 Å². The Morgan fingerprint density at radius 3 is 3.00 bits per heavy atom. The quantitative estimate of drug-likeness (QED) is 0.611. The minimum absolute atomic E-state index is 0.0624. The fourth-order valence-electron chi connectivity index (χ4n) is 2.10. The molecule has 17 heavy (non-hydrogen) atoms. The van der Waals surface area contributed by atoms with Gasteiger partial charge in [0.1, 0.15) is 0 Å². The van der Waals surface area contributed by atoms with E-state index in [1.54, 1.807) is 7.11 Å². The summed E-state index contributed by atoms with van der Waals surface area (Å²) < 4.78 is 4.91. The average molecular weight is 244 g/mol. The molecule has 0 spiro atoms. The maximum atomic E-state index is 11.6. The van der Waals surface area contributed by atoms with E-state index < -0.39 is 0 Å². The zero-order chi connectivity index (χ0) is 12.7. The molecule has 100 valence electrons. The number of ether oxygens (including phenoxy) is 1. The second kappa shape index (κ2) is 7.63. The van der Waals surface area contributed by atoms with Crippen LogP contribution in [-0.4, -0.2) is 61.9 Å². The van der Waals surface area contributed by atoms with Crippen LogP contribution in [0, 0.1) is 5.92 Å². The van der Waals surface area contributed by atoms with Crippen LogP contribution in [0.3, 0.4) is 0 Å². The number of rotatable bonds is 7. The van der Waals surface area contributed by atoms with Crippen LogP contribution in [0.25, 0.3) is 0 Å². The molecule has 0 aromatic carbocycles. The Morgan fingerprint density at radius 1 is 1.65 bits per heavy atom. The number of nitrogens with zero attached hydrogens (tertiary/aromatic N) is 1. The Morgan fingerprint density at radius 2 is 2.41 bits per heavy atom. The fraction of sp³-hybridized carbons (Fsp3) is 0.917. The number of hydrogen-bond acceptors (Lipinski definition) is 4. The molecule has 1 amide bonds. The Bertz CT molecular complexity index is 234. The molecule has 5 heteroatoms. The first kappa shape index (κ1) is 14.4. The van der Waals surface area contributed by atoms with E-state index in [1.807, 2.05) is 6.92 Å². The number of amides is 1. The third kappa shape index (κ3) is 5.48. The summed E-state index contributed by atoms with van der Waals surface area (Å²) in [6.07, 6.45) is 1.55. The highest BCUT2D eigenvalue weighted by atomic mass is 16.5. The van der Waals surface area contributed by atoms with Gasteiger partial charge in [-0.1, -0.05) is 0 Å². The van der Waals surface area contributed by atoms with Crippen molar-refractivity contribution in [1.82, 2.24) is 10.2 Å². The van der Waals surface area contributed by atoms with E-state index in [1.165, 1.54) is 0 Å². The number of hydrogen-bond donors (Lipinski definition) is 2. The molecule has 2 N–H and O–H groups in total. The molecule has 1 aliphatic rings. The first-order valence-electron chi connectivity index (χ1n) is 6.29. The van der Waals surface area contributed by atoms with Crippen molar-refractivity contribution < 1.29 is 14.6 Å². The number of methoxy groups -OCH3 is 1. The van der Waals surface area contributed by atoms with E-state index in [2.05, 4.69) is 10.2 Å². The summed E-state index contributed by atoms with van der Waals surface area (Å²) in [5.41, 5.74) is 0. The molecule has 2 unspecified atom stereocenters. The van der Waals surface area contributed by atoms with Crippen LogP contribution < -0.4 is 5.32 Å². The largest absolute Gasteiger partial charge is 0.393 e. The van der Waals surface area contributed by atoms with Crippen LogP contribution in [0.5, 0.6) is 0 Å². The predicted molar refractivity (Wildman–Crippen MR) is 65.7 cm³/mol. The highest BCUT2D eigenvalue weighted by molar-refractivity contribution is 5.78. The Balaban J connectivity index is 2.11. The zero-order valence-electron chi connectivity index (χ0n) is 10.8. The Hall–Kier alpha value is -0.650. The van der Waals surface area contributed by atoms with E-state index >= 15 is 0 Å². The third-order valence-corrected chi connectivity index (χ3v) is 3.21. The average Bonchev–Trinajstić information content (AvgIpc) is 2.73. The molecule has 5 nitrogen and oxygen atoms in total. The summed E-state index contributed by atoms with van der Waals surface area (Å²) >= 11 is 0. The van der Waals surface area contributed by atoms with Gasteiger partial charge in [0.2, 0.25) is 5.91 Å². The molecule has 0 radical (unpaired) electrons. The number of carbonyl (C=O) groups excluding carboxylic acids is 1. The topological polar surface area (TPSA) is 61.8 Å². The maximum absolute atomic E-state index is 11.6. The lowest BCUT2D eigenvalue weighted by Crippen LogP contribution is -2.37. The van der Waals surface area contributed by atoms with E-state index in [0.29, 0.717) is 25.6 Å². The summed E-state index contributed by atoms with van der Waals surface area (Å²) in [7, 11) is 1.66. The molecule has 1 saturated heterocycles. The second-order valence-electron chi connectivity index (χ2n) is 4.72. The predicted octanol–water partition coefficient (Wildman–Crippen LogP) is -0.158. The number of carbonyl (C=O) groups is 1. The second-order valence-corrected chi connectivity index (χ2v) is 4.72. The Labute approximate surface area is 103 Å². The summed E-state index contributed by atoms with van der Waals surface area (Å²) in [6, 6.07) is 0. The van der Waals surface area contributed by atoms with Gasteiger partial charge in [0.25, 0.3) is 0 Å². The van der Waals surface area contributed by atoms with Gasteiger partial charge in [-0.15, -0.1) is 0 Å². The van der Waals surface area contributed by atoms with Crippen LogP contribution in [0.2, 0.25) is 0 Å². The molecule has 0 saturated carbocycles. The summed E-state index contributed by atoms with van der Waals surface area (Å²) in [4.78, 5) is 13.7. The Kier molecular flexibility index (Phi) is 6.47. The van der Waals surface area contributed by atoms with Crippen molar-refractivity contribution >= 4 is 5.91 Å². The van der Waals surface area contributed by atoms with Crippen molar-refractivity contribution in [3.63, 3.8) is 0 Å². The van der Waals surface area contributed by atoms with Crippen molar-refractivity contribution in [3.05, 3.63) is 0 Å². The van der Waals surface area contributed by atoms with Crippen molar-refractivity contribution in [1.29, 1.82) is 0 Å². The molecule has 1 aliphatic heterocycles. The molecule has 0 aromatic rings. The summed E-state index contributed by atoms with van der Waals surface area (Å²) in [5.74, 6) is 0.378. The van der Waals surface area contributed by atoms with Gasteiger partial charge in [0, 0.05) is 26.8 Å². The maximum Gasteiger partial charge on any atom is 0.234 e. The van der Waals surface area contributed by atoms with Gasteiger partial charge in [0.15, 0.2) is 0 Å². The van der Waals surface area contributed by atoms with Crippen LogP contribution >= 0.6 is 0 Å². The van der Waals surface area contributed by atoms with Gasteiger partial charge < -0.3 is 15.2 Å². The van der Waals surface area contributed by atoms with Crippen molar-refractivity contribution in [2.75, 3.05) is 39.9 Å². The van der Waals surface area contributed by atoms with E-state index in [4.69, 9.17) is 4.74 Å². The van der Waals surface area contributed by atoms with Gasteiger partial charge >= 0.3 is 0 Å². The molecular formula is C12H24N2O3. The first-order valence-corrected chi connectivity index (χ1v) is 6.29. The SMILES string of the molecule is COCCCNC(=O)CN1CCC(C(C)O)C1. The lowest BCUT2D eigenvalue weighted by Gasteiger charge is -2.16. The van der Waals surface area contributed by atoms with E-state index in [9.17, 15) is 9.90 Å². The van der Waals surface area contributed by atoms with Crippen LogP contribution in [-0.2, 0) is 9.53 Å². The molecule has 0 aliphatic carbocycles. The fourth-order valence-corrected chi connectivity index (χ4v) is 2.10. The molecule has 0 bridgehead atoms. The van der Waals surface area contributed by atoms with Gasteiger partial charge in [-0.05, 0) is 32.2 Å². The lowest BCUT2D eigenvalue weighted by atomic mass is 10.0. The molecule has 1 heterocycles. The van der Waals surface area contributed by atoms with Crippen molar-refractivity contribution in [3.8, 4) is 0 Å². The van der Waals surface area contributed by atoms with Crippen LogP contribution in [0.4, 0.5) is 0 Å². The van der Waals surface area contributed by atoms with Gasteiger partial charge in [-0.25, -0.2) is 0 Å².